The van der Waals surface area contributed by atoms with Crippen molar-refractivity contribution in [3.8, 4) is 0 Å². The van der Waals surface area contributed by atoms with Gasteiger partial charge in [-0.15, -0.1) is 0 Å². The topological polar surface area (TPSA) is 111 Å². The monoisotopic (exact) mass is 444 g/mol. The Balaban J connectivity index is 1.52. The Kier molecular flexibility index (Phi) is 4.94. The molecule has 0 aliphatic carbocycles. The maximum atomic E-state index is 11.7. The van der Waals surface area contributed by atoms with E-state index in [0.717, 1.165) is 0 Å². The Morgan fingerprint density at radius 2 is 1.89 bits per heavy atom. The molecule has 0 bridgehead atoms. The minimum Gasteiger partial charge on any atom is -0.320 e. The molecule has 1 aliphatic rings. The number of rotatable bonds is 4. The summed E-state index contributed by atoms with van der Waals surface area (Å²) in [4.78, 5) is 8.66. The van der Waals surface area contributed by atoms with Crippen molar-refractivity contribution in [3.05, 3.63) is 22.7 Å². The first-order chi connectivity index (χ1) is 13.2. The Hall–Kier alpha value is -1.95. The molecule has 150 valence electrons. The van der Waals surface area contributed by atoms with Crippen LogP contribution in [-0.4, -0.2) is 61.6 Å². The minimum absolute atomic E-state index is 0.0744. The number of piperidine rings is 1. The SMILES string of the molecule is Cn1nc(Cl)c2cnc(Nc3cn(C4CCN(S(C)(=O)=O)CC4)nc3Cl)nc21. The van der Waals surface area contributed by atoms with Gasteiger partial charge in [0.25, 0.3) is 0 Å². The molecule has 28 heavy (non-hydrogen) atoms. The van der Waals surface area contributed by atoms with Crippen LogP contribution in [-0.2, 0) is 17.1 Å². The lowest BCUT2D eigenvalue weighted by Crippen LogP contribution is -2.38. The number of hydrogen-bond acceptors (Lipinski definition) is 7. The highest BCUT2D eigenvalue weighted by Crippen LogP contribution is 2.29. The van der Waals surface area contributed by atoms with Crippen molar-refractivity contribution in [1.82, 2.24) is 33.8 Å². The zero-order chi connectivity index (χ0) is 20.1. The van der Waals surface area contributed by atoms with Crippen molar-refractivity contribution in [2.45, 2.75) is 18.9 Å². The van der Waals surface area contributed by atoms with Gasteiger partial charge in [0.2, 0.25) is 16.0 Å². The van der Waals surface area contributed by atoms with Gasteiger partial charge in [0.1, 0.15) is 0 Å². The molecule has 1 fully saturated rings. The van der Waals surface area contributed by atoms with Crippen LogP contribution in [0.25, 0.3) is 11.0 Å². The Morgan fingerprint density at radius 3 is 2.57 bits per heavy atom. The molecule has 4 rings (SSSR count). The van der Waals surface area contributed by atoms with Gasteiger partial charge in [0.05, 0.1) is 29.6 Å². The van der Waals surface area contributed by atoms with Gasteiger partial charge in [-0.2, -0.15) is 15.2 Å². The van der Waals surface area contributed by atoms with E-state index in [1.807, 2.05) is 0 Å². The van der Waals surface area contributed by atoms with Gasteiger partial charge < -0.3 is 5.32 Å². The zero-order valence-electron chi connectivity index (χ0n) is 15.2. The smallest absolute Gasteiger partial charge is 0.229 e. The normalized spacial score (nSPS) is 16.7. The number of nitrogens with one attached hydrogen (secondary N) is 1. The highest BCUT2D eigenvalue weighted by Gasteiger charge is 2.27. The van der Waals surface area contributed by atoms with Crippen molar-refractivity contribution in [2.24, 2.45) is 7.05 Å². The van der Waals surface area contributed by atoms with Crippen LogP contribution >= 0.6 is 23.2 Å². The predicted molar refractivity (Wildman–Crippen MR) is 107 cm³/mol. The number of nitrogens with zero attached hydrogens (tertiary/aromatic N) is 7. The summed E-state index contributed by atoms with van der Waals surface area (Å²) >= 11 is 12.3. The van der Waals surface area contributed by atoms with E-state index in [1.54, 1.807) is 28.8 Å². The zero-order valence-corrected chi connectivity index (χ0v) is 17.5. The summed E-state index contributed by atoms with van der Waals surface area (Å²) < 4.78 is 28.1. The maximum Gasteiger partial charge on any atom is 0.229 e. The number of halogens is 2. The summed E-state index contributed by atoms with van der Waals surface area (Å²) in [7, 11) is -1.41. The van der Waals surface area contributed by atoms with Crippen LogP contribution in [0, 0.1) is 0 Å². The molecule has 1 saturated heterocycles. The van der Waals surface area contributed by atoms with E-state index in [-0.39, 0.29) is 11.2 Å². The molecule has 4 heterocycles. The second kappa shape index (κ2) is 7.14. The van der Waals surface area contributed by atoms with Crippen LogP contribution in [0.15, 0.2) is 12.4 Å². The fourth-order valence-corrected chi connectivity index (χ4v) is 4.56. The predicted octanol–water partition coefficient (Wildman–Crippen LogP) is 2.21. The highest BCUT2D eigenvalue weighted by molar-refractivity contribution is 7.88. The van der Waals surface area contributed by atoms with E-state index < -0.39 is 10.0 Å². The van der Waals surface area contributed by atoms with Gasteiger partial charge in [-0.3, -0.25) is 4.68 Å². The molecule has 0 atom stereocenters. The van der Waals surface area contributed by atoms with Gasteiger partial charge in [-0.1, -0.05) is 23.2 Å². The Morgan fingerprint density at radius 1 is 1.18 bits per heavy atom. The second-order valence-corrected chi connectivity index (χ2v) is 9.38. The van der Waals surface area contributed by atoms with Crippen LogP contribution in [0.5, 0.6) is 0 Å². The van der Waals surface area contributed by atoms with Gasteiger partial charge in [-0.25, -0.2) is 22.4 Å². The molecule has 13 heteroatoms. The van der Waals surface area contributed by atoms with Gasteiger partial charge >= 0.3 is 0 Å². The lowest BCUT2D eigenvalue weighted by atomic mass is 10.1. The largest absolute Gasteiger partial charge is 0.320 e. The molecule has 0 amide bonds. The van der Waals surface area contributed by atoms with E-state index in [4.69, 9.17) is 23.2 Å². The molecule has 0 spiro atoms. The summed E-state index contributed by atoms with van der Waals surface area (Å²) in [6.45, 7) is 0.926. The number of fused-ring (bicyclic) bond motifs is 1. The average molecular weight is 445 g/mol. The summed E-state index contributed by atoms with van der Waals surface area (Å²) in [6, 6.07) is 0.0744. The molecule has 0 saturated carbocycles. The van der Waals surface area contributed by atoms with Gasteiger partial charge in [0, 0.05) is 26.3 Å². The van der Waals surface area contributed by atoms with Gasteiger partial charge in [0.15, 0.2) is 16.0 Å². The van der Waals surface area contributed by atoms with Crippen molar-refractivity contribution in [3.63, 3.8) is 0 Å². The van der Waals surface area contributed by atoms with Crippen LogP contribution in [0.4, 0.5) is 11.6 Å². The van der Waals surface area contributed by atoms with Crippen LogP contribution in [0.3, 0.4) is 0 Å². The summed E-state index contributed by atoms with van der Waals surface area (Å²) in [5.41, 5.74) is 1.17. The standard InChI is InChI=1S/C15H18Cl2N8O2S/c1-23-14-10(12(16)21-23)7-18-15(20-14)19-11-8-25(22-13(11)17)9-3-5-24(6-4-9)28(2,26)27/h7-9H,3-6H2,1-2H3,(H,18,19,20). The molecule has 3 aromatic rings. The summed E-state index contributed by atoms with van der Waals surface area (Å²) in [6.07, 6.45) is 5.94. The second-order valence-electron chi connectivity index (χ2n) is 6.68. The van der Waals surface area contributed by atoms with E-state index in [9.17, 15) is 8.42 Å². The van der Waals surface area contributed by atoms with Crippen molar-refractivity contribution < 1.29 is 8.42 Å². The molecule has 10 nitrogen and oxygen atoms in total. The fraction of sp³-hybridized carbons (Fsp3) is 0.467. The van der Waals surface area contributed by atoms with Crippen molar-refractivity contribution in [1.29, 1.82) is 0 Å². The van der Waals surface area contributed by atoms with Crippen LogP contribution in [0.1, 0.15) is 18.9 Å². The van der Waals surface area contributed by atoms with Crippen LogP contribution in [0.2, 0.25) is 10.3 Å². The molecular formula is C15H18Cl2N8O2S. The van der Waals surface area contributed by atoms with E-state index >= 15 is 0 Å². The number of anilines is 2. The molecule has 1 N–H and O–H groups in total. The molecule has 3 aromatic heterocycles. The van der Waals surface area contributed by atoms with E-state index in [1.165, 1.54) is 10.6 Å². The van der Waals surface area contributed by atoms with Crippen LogP contribution < -0.4 is 5.32 Å². The first-order valence-electron chi connectivity index (χ1n) is 8.54. The minimum atomic E-state index is -3.16. The van der Waals surface area contributed by atoms with Gasteiger partial charge in [-0.05, 0) is 12.8 Å². The third-order valence-corrected chi connectivity index (χ3v) is 6.60. The summed E-state index contributed by atoms with van der Waals surface area (Å²) in [5.74, 6) is 0.348. The number of sulfonamides is 1. The molecule has 1 aliphatic heterocycles. The lowest BCUT2D eigenvalue weighted by molar-refractivity contribution is 0.262. The number of aryl methyl sites for hydroxylation is 1. The fourth-order valence-electron chi connectivity index (χ4n) is 3.26. The van der Waals surface area contributed by atoms with Crippen molar-refractivity contribution in [2.75, 3.05) is 24.7 Å². The average Bonchev–Trinajstić information content (AvgIpc) is 3.14. The molecule has 0 radical (unpaired) electrons. The Labute approximate surface area is 171 Å². The third-order valence-electron chi connectivity index (χ3n) is 4.74. The lowest BCUT2D eigenvalue weighted by Gasteiger charge is -2.30. The van der Waals surface area contributed by atoms with Crippen molar-refractivity contribution >= 4 is 55.9 Å². The first kappa shape index (κ1) is 19.4. The van der Waals surface area contributed by atoms with E-state index in [0.29, 0.717) is 53.8 Å². The molecule has 0 unspecified atom stereocenters. The maximum absolute atomic E-state index is 11.7. The quantitative estimate of drug-likeness (QED) is 0.656. The number of aromatic nitrogens is 6. The Bertz CT molecular complexity index is 1130. The third kappa shape index (κ3) is 3.66. The first-order valence-corrected chi connectivity index (χ1v) is 11.1. The highest BCUT2D eigenvalue weighted by atomic mass is 35.5. The molecule has 0 aromatic carbocycles. The number of hydrogen-bond donors (Lipinski definition) is 1. The summed E-state index contributed by atoms with van der Waals surface area (Å²) in [5, 5.41) is 12.8. The molecular weight excluding hydrogens is 427 g/mol. The van der Waals surface area contributed by atoms with E-state index in [2.05, 4.69) is 25.5 Å².